The van der Waals surface area contributed by atoms with Gasteiger partial charge in [-0.15, -0.1) is 0 Å². The van der Waals surface area contributed by atoms with Gasteiger partial charge in [-0.1, -0.05) is 0 Å². The van der Waals surface area contributed by atoms with Crippen molar-refractivity contribution in [1.82, 2.24) is 0 Å². The second kappa shape index (κ2) is 15.2. The zero-order valence-electron chi connectivity index (χ0n) is 22.5. The van der Waals surface area contributed by atoms with Crippen LogP contribution in [0.4, 0.5) is 8.78 Å². The Balaban J connectivity index is 0.000000321. The molecule has 7 nitrogen and oxygen atoms in total. The first-order chi connectivity index (χ1) is 17.4. The molecule has 1 heterocycles. The van der Waals surface area contributed by atoms with Gasteiger partial charge < -0.3 is 24.1 Å². The molecule has 11 heteroatoms. The molecular weight excluding hydrogens is 728 g/mol. The first-order valence-corrected chi connectivity index (χ1v) is 13.9. The van der Waals surface area contributed by atoms with E-state index < -0.39 is 34.8 Å². The fraction of sp³-hybridized carbons (Fsp3) is 0.481. The van der Waals surface area contributed by atoms with Crippen molar-refractivity contribution in [3.05, 3.63) is 54.2 Å². The predicted molar refractivity (Wildman–Crippen MR) is 157 cm³/mol. The van der Waals surface area contributed by atoms with Crippen molar-refractivity contribution in [1.29, 1.82) is 0 Å². The fourth-order valence-electron chi connectivity index (χ4n) is 2.82. The van der Waals surface area contributed by atoms with E-state index in [-0.39, 0.29) is 20.4 Å². The molecule has 1 aliphatic heterocycles. The standard InChI is InChI=1S/C12H14FIO3.C11H12FIO3.C4H8O/c1-12(2,3)17-11(15)8-5-7(13)6-9(14)10(8)16-4;1-11(2,3)16-10(15)7-4-6(12)5-8(13)9(7)14;1-2-4-5-3-1/h5-6H,1-4H3;4-5,14H,1-3H3;1-4H2. The molecule has 0 aliphatic carbocycles. The molecule has 0 radical (unpaired) electrons. The lowest BCUT2D eigenvalue weighted by Crippen LogP contribution is -2.24. The topological polar surface area (TPSA) is 91.3 Å². The maximum absolute atomic E-state index is 13.3. The Bertz CT molecular complexity index is 1100. The number of carbonyl (C=O) groups excluding carboxylic acids is 2. The SMILES string of the molecule is C1CCOC1.CC(C)(C)OC(=O)c1cc(F)cc(I)c1O.COc1c(I)cc(F)cc1C(=O)OC(C)(C)C. The second-order valence-electron chi connectivity index (χ2n) is 10.1. The quantitative estimate of drug-likeness (QED) is 0.260. The highest BCUT2D eigenvalue weighted by Crippen LogP contribution is 2.29. The van der Waals surface area contributed by atoms with Crippen molar-refractivity contribution in [3.8, 4) is 11.5 Å². The van der Waals surface area contributed by atoms with Gasteiger partial charge in [0.15, 0.2) is 0 Å². The van der Waals surface area contributed by atoms with Crippen LogP contribution in [-0.4, -0.2) is 48.6 Å². The molecule has 1 fully saturated rings. The van der Waals surface area contributed by atoms with Crippen LogP contribution < -0.4 is 4.74 Å². The van der Waals surface area contributed by atoms with E-state index >= 15 is 0 Å². The van der Waals surface area contributed by atoms with Crippen LogP contribution in [0.2, 0.25) is 0 Å². The summed E-state index contributed by atoms with van der Waals surface area (Å²) in [5.41, 5.74) is -1.35. The molecule has 0 spiro atoms. The minimum atomic E-state index is -0.734. The molecule has 0 aromatic heterocycles. The number of aromatic hydroxyl groups is 1. The van der Waals surface area contributed by atoms with E-state index in [1.807, 2.05) is 22.6 Å². The highest BCUT2D eigenvalue weighted by atomic mass is 127. The maximum Gasteiger partial charge on any atom is 0.342 e. The van der Waals surface area contributed by atoms with Crippen molar-refractivity contribution in [3.63, 3.8) is 0 Å². The number of esters is 2. The molecule has 0 saturated carbocycles. The van der Waals surface area contributed by atoms with E-state index in [4.69, 9.17) is 18.9 Å². The van der Waals surface area contributed by atoms with E-state index in [0.717, 1.165) is 31.4 Å². The third-order valence-electron chi connectivity index (χ3n) is 4.31. The van der Waals surface area contributed by atoms with Gasteiger partial charge in [-0.05, 0) is 124 Å². The Labute approximate surface area is 249 Å². The summed E-state index contributed by atoms with van der Waals surface area (Å²) >= 11 is 3.66. The molecule has 1 aliphatic rings. The highest BCUT2D eigenvalue weighted by molar-refractivity contribution is 14.1. The van der Waals surface area contributed by atoms with E-state index in [9.17, 15) is 23.5 Å². The minimum absolute atomic E-state index is 0.104. The molecule has 0 bridgehead atoms. The summed E-state index contributed by atoms with van der Waals surface area (Å²) in [5.74, 6) is -2.31. The molecule has 0 amide bonds. The maximum atomic E-state index is 13.3. The molecule has 2 aromatic rings. The fourth-order valence-corrected chi connectivity index (χ4v) is 4.21. The number of rotatable bonds is 3. The van der Waals surface area contributed by atoms with Crippen molar-refractivity contribution in [2.75, 3.05) is 20.3 Å². The average molecular weight is 762 g/mol. The zero-order valence-corrected chi connectivity index (χ0v) is 26.9. The number of hydrogen-bond donors (Lipinski definition) is 1. The van der Waals surface area contributed by atoms with E-state index in [1.54, 1.807) is 64.1 Å². The van der Waals surface area contributed by atoms with Crippen LogP contribution in [0.15, 0.2) is 24.3 Å². The summed E-state index contributed by atoms with van der Waals surface area (Å²) < 4.78 is 47.4. The van der Waals surface area contributed by atoms with Crippen LogP contribution in [-0.2, 0) is 14.2 Å². The molecule has 212 valence electrons. The number of halogens is 4. The Morgan fingerprint density at radius 3 is 1.63 bits per heavy atom. The van der Waals surface area contributed by atoms with Gasteiger partial charge in [0.2, 0.25) is 0 Å². The first-order valence-electron chi connectivity index (χ1n) is 11.7. The van der Waals surface area contributed by atoms with Crippen molar-refractivity contribution < 1.29 is 42.4 Å². The van der Waals surface area contributed by atoms with Crippen LogP contribution in [0.25, 0.3) is 0 Å². The minimum Gasteiger partial charge on any atom is -0.506 e. The van der Waals surface area contributed by atoms with Crippen molar-refractivity contribution in [2.45, 2.75) is 65.6 Å². The van der Waals surface area contributed by atoms with Gasteiger partial charge in [0, 0.05) is 13.2 Å². The summed E-state index contributed by atoms with van der Waals surface area (Å²) in [6, 6.07) is 4.53. The third kappa shape index (κ3) is 12.4. The molecule has 0 atom stereocenters. The van der Waals surface area contributed by atoms with Crippen LogP contribution in [0.3, 0.4) is 0 Å². The number of hydrogen-bond acceptors (Lipinski definition) is 7. The lowest BCUT2D eigenvalue weighted by atomic mass is 10.1. The smallest absolute Gasteiger partial charge is 0.342 e. The van der Waals surface area contributed by atoms with Crippen LogP contribution in [0.1, 0.15) is 75.1 Å². The number of benzene rings is 2. The second-order valence-corrected chi connectivity index (χ2v) is 12.4. The number of phenols is 1. The van der Waals surface area contributed by atoms with Crippen molar-refractivity contribution >= 4 is 57.1 Å². The molecule has 3 rings (SSSR count). The molecule has 0 unspecified atom stereocenters. The largest absolute Gasteiger partial charge is 0.506 e. The summed E-state index contributed by atoms with van der Waals surface area (Å²) in [6.45, 7) is 12.4. The molecular formula is C27H34F2I2O7. The molecule has 1 saturated heterocycles. The average Bonchev–Trinajstić information content (AvgIpc) is 3.34. The monoisotopic (exact) mass is 762 g/mol. The Hall–Kier alpha value is -1.74. The van der Waals surface area contributed by atoms with Crippen LogP contribution in [0.5, 0.6) is 11.5 Å². The normalized spacial score (nSPS) is 12.9. The van der Waals surface area contributed by atoms with Crippen molar-refractivity contribution in [2.24, 2.45) is 0 Å². The summed E-state index contributed by atoms with van der Waals surface area (Å²) in [6.07, 6.45) is 2.56. The Kier molecular flexibility index (Phi) is 13.7. The van der Waals surface area contributed by atoms with Gasteiger partial charge in [-0.3, -0.25) is 0 Å². The van der Waals surface area contributed by atoms with Crippen LogP contribution in [0, 0.1) is 18.8 Å². The number of methoxy groups -OCH3 is 1. The molecule has 38 heavy (non-hydrogen) atoms. The van der Waals surface area contributed by atoms with Gasteiger partial charge in [-0.25, -0.2) is 18.4 Å². The first kappa shape index (κ1) is 34.3. The van der Waals surface area contributed by atoms with Crippen LogP contribution >= 0.6 is 45.2 Å². The van der Waals surface area contributed by atoms with Gasteiger partial charge >= 0.3 is 11.9 Å². The lowest BCUT2D eigenvalue weighted by molar-refractivity contribution is 0.00531. The van der Waals surface area contributed by atoms with Gasteiger partial charge in [0.05, 0.1) is 14.3 Å². The third-order valence-corrected chi connectivity index (χ3v) is 5.93. The Morgan fingerprint density at radius 1 is 0.816 bits per heavy atom. The number of carbonyl (C=O) groups is 2. The van der Waals surface area contributed by atoms with Gasteiger partial charge in [0.25, 0.3) is 0 Å². The molecule has 1 N–H and O–H groups in total. The summed E-state index contributed by atoms with van der Waals surface area (Å²) in [4.78, 5) is 23.5. The molecule has 2 aromatic carbocycles. The Morgan fingerprint density at radius 2 is 1.24 bits per heavy atom. The lowest BCUT2D eigenvalue weighted by Gasteiger charge is -2.20. The van der Waals surface area contributed by atoms with E-state index in [0.29, 0.717) is 9.32 Å². The van der Waals surface area contributed by atoms with E-state index in [1.165, 1.54) is 26.0 Å². The predicted octanol–water partition coefficient (Wildman–Crippen LogP) is 7.28. The van der Waals surface area contributed by atoms with E-state index in [2.05, 4.69) is 0 Å². The zero-order chi connectivity index (χ0) is 29.3. The number of ether oxygens (including phenoxy) is 4. The van der Waals surface area contributed by atoms with Gasteiger partial charge in [-0.2, -0.15) is 0 Å². The van der Waals surface area contributed by atoms with Gasteiger partial charge in [0.1, 0.15) is 45.5 Å². The number of phenolic OH excluding ortho intramolecular Hbond substituents is 1. The highest BCUT2D eigenvalue weighted by Gasteiger charge is 2.24. The summed E-state index contributed by atoms with van der Waals surface area (Å²) in [7, 11) is 1.43. The summed E-state index contributed by atoms with van der Waals surface area (Å²) in [5, 5.41) is 9.61.